The zero-order chi connectivity index (χ0) is 20.4. The molecule has 0 unspecified atom stereocenters. The molecule has 4 rings (SSSR count). The van der Waals surface area contributed by atoms with Crippen LogP contribution in [0.5, 0.6) is 5.75 Å². The summed E-state index contributed by atoms with van der Waals surface area (Å²) in [5, 5.41) is 4.08. The zero-order valence-corrected chi connectivity index (χ0v) is 18.2. The average molecular weight is 478 g/mol. The normalized spacial score (nSPS) is 17.9. The summed E-state index contributed by atoms with van der Waals surface area (Å²) in [4.78, 5) is 4.80. The first-order valence-corrected chi connectivity index (χ1v) is 11.4. The Kier molecular flexibility index (Phi) is 5.71. The second-order valence-electron chi connectivity index (χ2n) is 6.84. The van der Waals surface area contributed by atoms with Gasteiger partial charge in [-0.15, -0.1) is 0 Å². The minimum absolute atomic E-state index is 0.138. The van der Waals surface area contributed by atoms with Crippen LogP contribution in [0.3, 0.4) is 0 Å². The van der Waals surface area contributed by atoms with E-state index < -0.39 is 10.0 Å². The van der Waals surface area contributed by atoms with E-state index in [1.165, 1.54) is 4.31 Å². The lowest BCUT2D eigenvalue weighted by atomic mass is 10.00. The van der Waals surface area contributed by atoms with Crippen molar-refractivity contribution in [3.05, 3.63) is 58.9 Å². The van der Waals surface area contributed by atoms with Crippen LogP contribution in [0.15, 0.2) is 62.4 Å². The van der Waals surface area contributed by atoms with E-state index in [1.807, 2.05) is 24.3 Å². The summed E-state index contributed by atoms with van der Waals surface area (Å²) < 4.78 is 39.1. The van der Waals surface area contributed by atoms with E-state index in [0.29, 0.717) is 30.6 Å². The van der Waals surface area contributed by atoms with Crippen molar-refractivity contribution in [2.45, 2.75) is 23.7 Å². The molecule has 0 bridgehead atoms. The topological polar surface area (TPSA) is 85.5 Å². The van der Waals surface area contributed by atoms with Gasteiger partial charge in [-0.25, -0.2) is 8.42 Å². The molecule has 1 saturated heterocycles. The summed E-state index contributed by atoms with van der Waals surface area (Å²) in [7, 11) is -1.97. The van der Waals surface area contributed by atoms with Crippen LogP contribution in [-0.2, 0) is 10.0 Å². The highest BCUT2D eigenvalue weighted by Crippen LogP contribution is 2.31. The van der Waals surface area contributed by atoms with Gasteiger partial charge in [0.2, 0.25) is 21.7 Å². The van der Waals surface area contributed by atoms with Crippen molar-refractivity contribution in [3.63, 3.8) is 0 Å². The Morgan fingerprint density at radius 3 is 2.76 bits per heavy atom. The number of sulfonamides is 1. The summed E-state index contributed by atoms with van der Waals surface area (Å²) in [6.07, 6.45) is 1.53. The van der Waals surface area contributed by atoms with Gasteiger partial charge in [0.15, 0.2) is 0 Å². The van der Waals surface area contributed by atoms with E-state index in [-0.39, 0.29) is 10.8 Å². The SMILES string of the molecule is COc1cccc(-c2noc([C@H]3CCCN(S(=O)(=O)c4ccc(Br)cc4)C3)n2)c1. The summed E-state index contributed by atoms with van der Waals surface area (Å²) in [5.74, 6) is 1.49. The van der Waals surface area contributed by atoms with Gasteiger partial charge in [-0.1, -0.05) is 33.2 Å². The zero-order valence-electron chi connectivity index (χ0n) is 15.8. The van der Waals surface area contributed by atoms with Crippen molar-refractivity contribution < 1.29 is 17.7 Å². The van der Waals surface area contributed by atoms with Gasteiger partial charge in [0, 0.05) is 23.1 Å². The number of methoxy groups -OCH3 is 1. The predicted octanol–water partition coefficient (Wildman–Crippen LogP) is 4.08. The number of hydrogen-bond acceptors (Lipinski definition) is 6. The molecular formula is C20H20BrN3O4S. The van der Waals surface area contributed by atoms with Gasteiger partial charge >= 0.3 is 0 Å². The summed E-state index contributed by atoms with van der Waals surface area (Å²) >= 11 is 3.33. The van der Waals surface area contributed by atoms with E-state index >= 15 is 0 Å². The van der Waals surface area contributed by atoms with E-state index in [9.17, 15) is 8.42 Å². The van der Waals surface area contributed by atoms with Crippen LogP contribution < -0.4 is 4.74 Å². The molecule has 2 heterocycles. The van der Waals surface area contributed by atoms with E-state index in [4.69, 9.17) is 9.26 Å². The molecular weight excluding hydrogens is 458 g/mol. The van der Waals surface area contributed by atoms with Crippen molar-refractivity contribution >= 4 is 26.0 Å². The van der Waals surface area contributed by atoms with Crippen LogP contribution in [0.4, 0.5) is 0 Å². The summed E-state index contributed by atoms with van der Waals surface area (Å²) in [6.45, 7) is 0.796. The average Bonchev–Trinajstić information content (AvgIpc) is 3.25. The predicted molar refractivity (Wildman–Crippen MR) is 111 cm³/mol. The first-order chi connectivity index (χ1) is 14.0. The van der Waals surface area contributed by atoms with Crippen LogP contribution in [0.1, 0.15) is 24.7 Å². The maximum absolute atomic E-state index is 13.0. The fraction of sp³-hybridized carbons (Fsp3) is 0.300. The molecule has 0 amide bonds. The number of benzene rings is 2. The minimum atomic E-state index is -3.57. The molecule has 1 fully saturated rings. The van der Waals surface area contributed by atoms with E-state index in [0.717, 1.165) is 22.9 Å². The van der Waals surface area contributed by atoms with Gasteiger partial charge in [0.1, 0.15) is 5.75 Å². The van der Waals surface area contributed by atoms with Crippen LogP contribution >= 0.6 is 15.9 Å². The Labute approximate surface area is 177 Å². The molecule has 7 nitrogen and oxygen atoms in total. The first-order valence-electron chi connectivity index (χ1n) is 9.21. The third kappa shape index (κ3) is 4.22. The Hall–Kier alpha value is -2.23. The molecule has 3 aromatic rings. The number of ether oxygens (including phenoxy) is 1. The van der Waals surface area contributed by atoms with Crippen LogP contribution in [0.25, 0.3) is 11.4 Å². The second-order valence-corrected chi connectivity index (χ2v) is 9.70. The molecule has 0 saturated carbocycles. The molecule has 0 radical (unpaired) electrons. The van der Waals surface area contributed by atoms with Crippen molar-refractivity contribution in [2.75, 3.05) is 20.2 Å². The van der Waals surface area contributed by atoms with E-state index in [2.05, 4.69) is 26.1 Å². The first kappa shape index (κ1) is 20.1. The maximum Gasteiger partial charge on any atom is 0.243 e. The maximum atomic E-state index is 13.0. The lowest BCUT2D eigenvalue weighted by Gasteiger charge is -2.30. The Morgan fingerprint density at radius 2 is 2.00 bits per heavy atom. The third-order valence-electron chi connectivity index (χ3n) is 4.95. The molecule has 1 aromatic heterocycles. The third-order valence-corrected chi connectivity index (χ3v) is 7.36. The lowest BCUT2D eigenvalue weighted by molar-refractivity contribution is 0.265. The van der Waals surface area contributed by atoms with Crippen LogP contribution in [0.2, 0.25) is 0 Å². The van der Waals surface area contributed by atoms with Crippen molar-refractivity contribution in [3.8, 4) is 17.1 Å². The van der Waals surface area contributed by atoms with Crippen LogP contribution in [-0.4, -0.2) is 43.1 Å². The molecule has 9 heteroatoms. The molecule has 29 heavy (non-hydrogen) atoms. The van der Waals surface area contributed by atoms with Gasteiger partial charge in [0.25, 0.3) is 0 Å². The van der Waals surface area contributed by atoms with Crippen LogP contribution in [0, 0.1) is 0 Å². The summed E-state index contributed by atoms with van der Waals surface area (Å²) in [5.41, 5.74) is 0.787. The Bertz CT molecular complexity index is 1100. The highest BCUT2D eigenvalue weighted by atomic mass is 79.9. The fourth-order valence-electron chi connectivity index (χ4n) is 3.40. The van der Waals surface area contributed by atoms with Crippen molar-refractivity contribution in [1.29, 1.82) is 0 Å². The largest absolute Gasteiger partial charge is 0.497 e. The van der Waals surface area contributed by atoms with Crippen molar-refractivity contribution in [2.24, 2.45) is 0 Å². The molecule has 1 aliphatic heterocycles. The molecule has 0 N–H and O–H groups in total. The lowest BCUT2D eigenvalue weighted by Crippen LogP contribution is -2.39. The highest BCUT2D eigenvalue weighted by Gasteiger charge is 2.33. The Morgan fingerprint density at radius 1 is 1.21 bits per heavy atom. The van der Waals surface area contributed by atoms with Gasteiger partial charge in [0.05, 0.1) is 17.9 Å². The second kappa shape index (κ2) is 8.25. The number of rotatable bonds is 5. The standard InChI is InChI=1S/C20H20BrN3O4S/c1-27-17-6-2-4-14(12-17)19-22-20(28-23-19)15-5-3-11-24(13-15)29(25,26)18-9-7-16(21)8-10-18/h2,4,6-10,12,15H,3,5,11,13H2,1H3/t15-/m0/s1. The number of hydrogen-bond donors (Lipinski definition) is 0. The molecule has 2 aromatic carbocycles. The van der Waals surface area contributed by atoms with Gasteiger partial charge < -0.3 is 9.26 Å². The smallest absolute Gasteiger partial charge is 0.243 e. The quantitative estimate of drug-likeness (QED) is 0.550. The Balaban J connectivity index is 1.54. The van der Waals surface area contributed by atoms with Crippen molar-refractivity contribution in [1.82, 2.24) is 14.4 Å². The molecule has 0 spiro atoms. The minimum Gasteiger partial charge on any atom is -0.497 e. The molecule has 152 valence electrons. The van der Waals surface area contributed by atoms with Gasteiger partial charge in [-0.2, -0.15) is 9.29 Å². The molecule has 1 aliphatic rings. The highest BCUT2D eigenvalue weighted by molar-refractivity contribution is 9.10. The number of nitrogens with zero attached hydrogens (tertiary/aromatic N) is 3. The monoisotopic (exact) mass is 477 g/mol. The number of piperidine rings is 1. The molecule has 0 aliphatic carbocycles. The number of halogens is 1. The van der Waals surface area contributed by atoms with Gasteiger partial charge in [-0.3, -0.25) is 0 Å². The molecule has 1 atom stereocenters. The number of aromatic nitrogens is 2. The van der Waals surface area contributed by atoms with E-state index in [1.54, 1.807) is 31.4 Å². The summed E-state index contributed by atoms with van der Waals surface area (Å²) in [6, 6.07) is 14.1. The fourth-order valence-corrected chi connectivity index (χ4v) is 5.19. The van der Waals surface area contributed by atoms with Gasteiger partial charge in [-0.05, 0) is 49.2 Å².